The van der Waals surface area contributed by atoms with Crippen LogP contribution >= 0.6 is 0 Å². The lowest BCUT2D eigenvalue weighted by atomic mass is 9.78. The molecule has 0 unspecified atom stereocenters. The molecule has 4 nitrogen and oxygen atoms in total. The van der Waals surface area contributed by atoms with Crippen molar-refractivity contribution in [2.45, 2.75) is 65.5 Å². The van der Waals surface area contributed by atoms with E-state index in [0.29, 0.717) is 0 Å². The predicted octanol–water partition coefficient (Wildman–Crippen LogP) is 6.65. The maximum atomic E-state index is 6.69. The summed E-state index contributed by atoms with van der Waals surface area (Å²) in [5.41, 5.74) is 10.5. The summed E-state index contributed by atoms with van der Waals surface area (Å²) >= 11 is 0. The molecule has 0 spiro atoms. The Morgan fingerprint density at radius 2 is 1.50 bits per heavy atom. The quantitative estimate of drug-likeness (QED) is 0.411. The molecule has 34 heavy (non-hydrogen) atoms. The van der Waals surface area contributed by atoms with Crippen LogP contribution in [0.2, 0.25) is 0 Å². The highest BCUT2D eigenvalue weighted by Crippen LogP contribution is 2.56. The minimum Gasteiger partial charge on any atom is -0.486 e. The van der Waals surface area contributed by atoms with E-state index in [0.717, 1.165) is 23.5 Å². The molecule has 0 aromatic heterocycles. The van der Waals surface area contributed by atoms with Gasteiger partial charge in [0.25, 0.3) is 5.91 Å². The molecule has 0 fully saturated rings. The van der Waals surface area contributed by atoms with Gasteiger partial charge in [0.15, 0.2) is 0 Å². The first-order chi connectivity index (χ1) is 16.2. The average Bonchev–Trinajstić information content (AvgIpc) is 3.30. The van der Waals surface area contributed by atoms with Crippen molar-refractivity contribution in [3.05, 3.63) is 93.0 Å². The predicted molar refractivity (Wildman–Crippen MR) is 137 cm³/mol. The van der Waals surface area contributed by atoms with E-state index in [1.807, 2.05) is 6.07 Å². The van der Waals surface area contributed by atoms with Crippen LogP contribution in [0.25, 0.3) is 0 Å². The Bertz CT molecular complexity index is 1260. The van der Waals surface area contributed by atoms with Crippen molar-refractivity contribution < 1.29 is 14.2 Å². The van der Waals surface area contributed by atoms with Crippen LogP contribution in [0.3, 0.4) is 0 Å². The number of rotatable bonds is 4. The molecule has 1 atom stereocenters. The van der Waals surface area contributed by atoms with Crippen LogP contribution < -0.4 is 9.64 Å². The van der Waals surface area contributed by atoms with Crippen LogP contribution in [0.4, 0.5) is 5.69 Å². The number of methoxy groups -OCH3 is 2. The van der Waals surface area contributed by atoms with Gasteiger partial charge in [-0.25, -0.2) is 0 Å². The summed E-state index contributed by atoms with van der Waals surface area (Å²) in [4.78, 5) is 2.28. The van der Waals surface area contributed by atoms with Crippen LogP contribution in [-0.2, 0) is 21.9 Å². The topological polar surface area (TPSA) is 30.9 Å². The Hall–Kier alpha value is -2.82. The number of hydrogen-bond acceptors (Lipinski definition) is 4. The third-order valence-electron chi connectivity index (χ3n) is 7.89. The van der Waals surface area contributed by atoms with Gasteiger partial charge in [-0.3, -0.25) is 0 Å². The zero-order chi connectivity index (χ0) is 24.4. The third-order valence-corrected chi connectivity index (χ3v) is 7.89. The summed E-state index contributed by atoms with van der Waals surface area (Å²) in [5.74, 6) is 0.179. The summed E-state index contributed by atoms with van der Waals surface area (Å²) in [5, 5.41) is 0. The molecule has 0 saturated carbocycles. The van der Waals surface area contributed by atoms with Crippen molar-refractivity contribution >= 4 is 5.69 Å². The maximum Gasteiger partial charge on any atom is 0.280 e. The van der Waals surface area contributed by atoms with Crippen LogP contribution in [0.5, 0.6) is 5.75 Å². The molecule has 2 heterocycles. The fourth-order valence-corrected chi connectivity index (χ4v) is 6.15. The van der Waals surface area contributed by atoms with E-state index in [2.05, 4.69) is 88.9 Å². The molecule has 3 aromatic carbocycles. The van der Waals surface area contributed by atoms with E-state index >= 15 is 0 Å². The monoisotopic (exact) mass is 457 g/mol. The van der Waals surface area contributed by atoms with Crippen molar-refractivity contribution in [1.29, 1.82) is 0 Å². The normalized spacial score (nSPS) is 19.6. The standard InChI is InChI=1S/C30H35NO3/c1-18-13-15-22(16-14-18)26-25-21(4)27(19(2)20(3)28(25)34-29(26,5)6)31-17-23-11-9-10-12-24(23)30(31,32-7)33-8/h9-16,26H,17H2,1-8H3/t26-/m1/s1. The molecule has 178 valence electrons. The average molecular weight is 458 g/mol. The molecular weight excluding hydrogens is 422 g/mol. The minimum atomic E-state index is -0.971. The first kappa shape index (κ1) is 22.9. The largest absolute Gasteiger partial charge is 0.486 e. The van der Waals surface area contributed by atoms with E-state index in [4.69, 9.17) is 14.2 Å². The molecule has 0 N–H and O–H groups in total. The highest BCUT2D eigenvalue weighted by Gasteiger charge is 2.50. The number of hydrogen-bond donors (Lipinski definition) is 0. The van der Waals surface area contributed by atoms with E-state index < -0.39 is 5.91 Å². The summed E-state index contributed by atoms with van der Waals surface area (Å²) in [6.07, 6.45) is 0. The molecule has 0 radical (unpaired) electrons. The van der Waals surface area contributed by atoms with E-state index in [1.54, 1.807) is 14.2 Å². The van der Waals surface area contributed by atoms with Crippen molar-refractivity contribution in [3.63, 3.8) is 0 Å². The van der Waals surface area contributed by atoms with Gasteiger partial charge in [0.2, 0.25) is 0 Å². The fraction of sp³-hybridized carbons (Fsp3) is 0.400. The van der Waals surface area contributed by atoms with Crippen molar-refractivity contribution in [1.82, 2.24) is 0 Å². The van der Waals surface area contributed by atoms with E-state index in [-0.39, 0.29) is 11.5 Å². The van der Waals surface area contributed by atoms with Crippen LogP contribution in [0.15, 0.2) is 48.5 Å². The molecule has 4 heteroatoms. The van der Waals surface area contributed by atoms with Crippen molar-refractivity contribution in [2.24, 2.45) is 0 Å². The van der Waals surface area contributed by atoms with Crippen molar-refractivity contribution in [3.8, 4) is 5.75 Å². The van der Waals surface area contributed by atoms with Crippen LogP contribution in [0, 0.1) is 27.7 Å². The number of aryl methyl sites for hydroxylation is 1. The first-order valence-electron chi connectivity index (χ1n) is 12.0. The van der Waals surface area contributed by atoms with Gasteiger partial charge in [0.05, 0.1) is 5.92 Å². The first-order valence-corrected chi connectivity index (χ1v) is 12.0. The Kier molecular flexibility index (Phi) is 5.30. The molecule has 2 aliphatic heterocycles. The fourth-order valence-electron chi connectivity index (χ4n) is 6.15. The lowest BCUT2D eigenvalue weighted by Gasteiger charge is -2.39. The SMILES string of the molecule is COC1(OC)c2ccccc2CN1c1c(C)c(C)c2c(c1C)[C@@H](c1ccc(C)cc1)C(C)(C)O2. The zero-order valence-corrected chi connectivity index (χ0v) is 21.6. The highest BCUT2D eigenvalue weighted by atomic mass is 16.7. The summed E-state index contributed by atoms with van der Waals surface area (Å²) in [6.45, 7) is 13.8. The van der Waals surface area contributed by atoms with Gasteiger partial charge in [-0.05, 0) is 69.4 Å². The molecule has 0 saturated heterocycles. The highest BCUT2D eigenvalue weighted by molar-refractivity contribution is 5.73. The number of benzene rings is 3. The molecule has 0 amide bonds. The van der Waals surface area contributed by atoms with Gasteiger partial charge < -0.3 is 19.1 Å². The van der Waals surface area contributed by atoms with E-state index in [1.165, 1.54) is 38.9 Å². The number of ether oxygens (including phenoxy) is 3. The number of anilines is 1. The molecule has 2 aliphatic rings. The lowest BCUT2D eigenvalue weighted by molar-refractivity contribution is -0.210. The van der Waals surface area contributed by atoms with Crippen LogP contribution in [-0.4, -0.2) is 19.8 Å². The van der Waals surface area contributed by atoms with Gasteiger partial charge >= 0.3 is 0 Å². The zero-order valence-electron chi connectivity index (χ0n) is 21.6. The Morgan fingerprint density at radius 3 is 2.15 bits per heavy atom. The summed E-state index contributed by atoms with van der Waals surface area (Å²) < 4.78 is 19.0. The minimum absolute atomic E-state index is 0.130. The smallest absolute Gasteiger partial charge is 0.280 e. The number of fused-ring (bicyclic) bond motifs is 2. The number of nitrogens with zero attached hydrogens (tertiary/aromatic N) is 1. The second-order valence-corrected chi connectivity index (χ2v) is 10.2. The Balaban J connectivity index is 1.76. The second-order valence-electron chi connectivity index (χ2n) is 10.2. The Morgan fingerprint density at radius 1 is 0.853 bits per heavy atom. The molecule has 0 aliphatic carbocycles. The van der Waals surface area contributed by atoms with Crippen LogP contribution in [0.1, 0.15) is 64.3 Å². The van der Waals surface area contributed by atoms with Gasteiger partial charge in [0.1, 0.15) is 11.4 Å². The van der Waals surface area contributed by atoms with Crippen molar-refractivity contribution in [2.75, 3.05) is 19.1 Å². The maximum absolute atomic E-state index is 6.69. The van der Waals surface area contributed by atoms with Gasteiger partial charge in [-0.15, -0.1) is 0 Å². The molecular formula is C30H35NO3. The van der Waals surface area contributed by atoms with Gasteiger partial charge in [-0.2, -0.15) is 0 Å². The molecule has 3 aromatic rings. The molecule has 5 rings (SSSR count). The Labute approximate surface area is 203 Å². The van der Waals surface area contributed by atoms with E-state index in [9.17, 15) is 0 Å². The van der Waals surface area contributed by atoms with Gasteiger partial charge in [0, 0.05) is 37.6 Å². The third kappa shape index (κ3) is 3.05. The summed E-state index contributed by atoms with van der Waals surface area (Å²) in [6, 6.07) is 17.3. The van der Waals surface area contributed by atoms with Gasteiger partial charge in [-0.1, -0.05) is 54.1 Å². The second kappa shape index (κ2) is 7.86. The molecule has 0 bridgehead atoms. The summed E-state index contributed by atoms with van der Waals surface area (Å²) in [7, 11) is 3.45. The lowest BCUT2D eigenvalue weighted by Crippen LogP contribution is -2.45.